The summed E-state index contributed by atoms with van der Waals surface area (Å²) in [7, 11) is 1.70. The predicted molar refractivity (Wildman–Crippen MR) is 62.8 cm³/mol. The van der Waals surface area contributed by atoms with Crippen molar-refractivity contribution >= 4 is 12.0 Å². The molecule has 1 aromatic rings. The van der Waals surface area contributed by atoms with E-state index in [1.54, 1.807) is 29.2 Å². The minimum absolute atomic E-state index is 0.0865. The van der Waals surface area contributed by atoms with Crippen molar-refractivity contribution < 1.29 is 14.7 Å². The van der Waals surface area contributed by atoms with Crippen LogP contribution in [0.3, 0.4) is 0 Å². The summed E-state index contributed by atoms with van der Waals surface area (Å²) in [6.45, 7) is 1.47. The molecule has 2 N–H and O–H groups in total. The van der Waals surface area contributed by atoms with Crippen LogP contribution in [0.4, 0.5) is 4.79 Å². The van der Waals surface area contributed by atoms with E-state index in [0.717, 1.165) is 5.82 Å². The van der Waals surface area contributed by atoms with Crippen LogP contribution in [0.5, 0.6) is 0 Å². The van der Waals surface area contributed by atoms with E-state index in [0.29, 0.717) is 19.6 Å². The molecular weight excluding hydrogens is 236 g/mol. The molecule has 0 spiro atoms. The topological polar surface area (TPSA) is 89.5 Å². The van der Waals surface area contributed by atoms with Crippen LogP contribution in [0.15, 0.2) is 12.4 Å². The fourth-order valence-electron chi connectivity index (χ4n) is 2.02. The molecule has 7 nitrogen and oxygen atoms in total. The van der Waals surface area contributed by atoms with Crippen molar-refractivity contribution in [2.75, 3.05) is 20.1 Å². The lowest BCUT2D eigenvalue weighted by atomic mass is 9.97. The van der Waals surface area contributed by atoms with Gasteiger partial charge in [0, 0.05) is 38.4 Å². The molecule has 2 rings (SSSR count). The van der Waals surface area contributed by atoms with E-state index in [1.165, 1.54) is 0 Å². The van der Waals surface area contributed by atoms with Crippen LogP contribution in [0, 0.1) is 5.92 Å². The summed E-state index contributed by atoms with van der Waals surface area (Å²) in [6.07, 6.45) is 3.48. The highest BCUT2D eigenvalue weighted by atomic mass is 16.4. The summed E-state index contributed by atoms with van der Waals surface area (Å²) in [4.78, 5) is 32.6. The Morgan fingerprint density at radius 2 is 2.33 bits per heavy atom. The van der Waals surface area contributed by atoms with Crippen molar-refractivity contribution in [1.82, 2.24) is 19.8 Å². The largest absolute Gasteiger partial charge is 0.481 e. The fourth-order valence-corrected chi connectivity index (χ4v) is 2.02. The van der Waals surface area contributed by atoms with Crippen molar-refractivity contribution in [3.8, 4) is 0 Å². The molecule has 98 valence electrons. The van der Waals surface area contributed by atoms with Crippen LogP contribution in [-0.4, -0.2) is 57.0 Å². The van der Waals surface area contributed by atoms with Gasteiger partial charge in [0.1, 0.15) is 5.82 Å². The number of aromatic amines is 1. The van der Waals surface area contributed by atoms with E-state index >= 15 is 0 Å². The Balaban J connectivity index is 1.77. The molecule has 0 radical (unpaired) electrons. The van der Waals surface area contributed by atoms with Gasteiger partial charge in [-0.2, -0.15) is 0 Å². The van der Waals surface area contributed by atoms with Crippen LogP contribution in [0.2, 0.25) is 0 Å². The molecule has 2 amide bonds. The van der Waals surface area contributed by atoms with Crippen molar-refractivity contribution in [3.63, 3.8) is 0 Å². The number of hydrogen-bond acceptors (Lipinski definition) is 3. The van der Waals surface area contributed by atoms with E-state index in [2.05, 4.69) is 9.97 Å². The first-order valence-electron chi connectivity index (χ1n) is 5.76. The number of nitrogens with zero attached hydrogens (tertiary/aromatic N) is 3. The van der Waals surface area contributed by atoms with Gasteiger partial charge in [-0.1, -0.05) is 0 Å². The number of carboxylic acids is 1. The Hall–Kier alpha value is -2.05. The molecule has 0 bridgehead atoms. The number of H-pyrrole nitrogens is 1. The molecule has 0 aromatic carbocycles. The number of likely N-dealkylation sites (tertiary alicyclic amines) is 1. The number of carbonyl (C=O) groups excluding carboxylic acids is 1. The van der Waals surface area contributed by atoms with Gasteiger partial charge in [-0.05, 0) is 0 Å². The number of carbonyl (C=O) groups is 2. The van der Waals surface area contributed by atoms with Crippen LogP contribution in [0.1, 0.15) is 12.2 Å². The lowest BCUT2D eigenvalue weighted by Crippen LogP contribution is -2.54. The number of nitrogens with one attached hydrogen (secondary N) is 1. The number of rotatable bonds is 4. The lowest BCUT2D eigenvalue weighted by molar-refractivity contribution is -0.139. The smallest absolute Gasteiger partial charge is 0.320 e. The number of amides is 2. The SMILES string of the molecule is CN(Cc1ncc[nH]1)C(=O)N1CC(CC(=O)O)C1. The molecule has 1 saturated heterocycles. The van der Waals surface area contributed by atoms with E-state index in [-0.39, 0.29) is 18.4 Å². The van der Waals surface area contributed by atoms with Crippen molar-refractivity contribution in [1.29, 1.82) is 0 Å². The van der Waals surface area contributed by atoms with Gasteiger partial charge in [-0.3, -0.25) is 4.79 Å². The highest BCUT2D eigenvalue weighted by Gasteiger charge is 2.33. The second-order valence-electron chi connectivity index (χ2n) is 4.54. The molecule has 2 heterocycles. The molecule has 7 heteroatoms. The van der Waals surface area contributed by atoms with Gasteiger partial charge < -0.3 is 19.9 Å². The molecule has 1 aromatic heterocycles. The quantitative estimate of drug-likeness (QED) is 0.810. The highest BCUT2D eigenvalue weighted by Crippen LogP contribution is 2.20. The fraction of sp³-hybridized carbons (Fsp3) is 0.545. The Bertz CT molecular complexity index is 426. The molecule has 1 aliphatic rings. The third kappa shape index (κ3) is 2.79. The van der Waals surface area contributed by atoms with Gasteiger partial charge in [0.15, 0.2) is 0 Å². The van der Waals surface area contributed by atoms with Crippen molar-refractivity contribution in [3.05, 3.63) is 18.2 Å². The average Bonchev–Trinajstić information content (AvgIpc) is 2.74. The Morgan fingerprint density at radius 3 is 2.89 bits per heavy atom. The zero-order chi connectivity index (χ0) is 13.1. The Labute approximate surface area is 104 Å². The lowest BCUT2D eigenvalue weighted by Gasteiger charge is -2.40. The van der Waals surface area contributed by atoms with Gasteiger partial charge in [0.05, 0.1) is 13.0 Å². The number of carboxylic acid groups (broad SMARTS) is 1. The molecule has 18 heavy (non-hydrogen) atoms. The number of urea groups is 1. The maximum atomic E-state index is 11.9. The molecule has 0 unspecified atom stereocenters. The summed E-state index contributed by atoms with van der Waals surface area (Å²) in [5.74, 6) is 0.00737. The highest BCUT2D eigenvalue weighted by molar-refractivity contribution is 5.75. The summed E-state index contributed by atoms with van der Waals surface area (Å²) < 4.78 is 0. The maximum Gasteiger partial charge on any atom is 0.320 e. The first-order valence-corrected chi connectivity index (χ1v) is 5.76. The summed E-state index contributed by atoms with van der Waals surface area (Å²) >= 11 is 0. The van der Waals surface area contributed by atoms with Gasteiger partial charge in [-0.25, -0.2) is 9.78 Å². The zero-order valence-electron chi connectivity index (χ0n) is 10.2. The van der Waals surface area contributed by atoms with E-state index < -0.39 is 5.97 Å². The van der Waals surface area contributed by atoms with Gasteiger partial charge in [-0.15, -0.1) is 0 Å². The zero-order valence-corrected chi connectivity index (χ0v) is 10.2. The second kappa shape index (κ2) is 5.07. The van der Waals surface area contributed by atoms with Gasteiger partial charge in [0.2, 0.25) is 0 Å². The number of hydrogen-bond donors (Lipinski definition) is 2. The molecule has 1 aliphatic heterocycles. The van der Waals surface area contributed by atoms with Gasteiger partial charge in [0.25, 0.3) is 0 Å². The third-order valence-electron chi connectivity index (χ3n) is 2.96. The molecular formula is C11H16N4O3. The van der Waals surface area contributed by atoms with Crippen LogP contribution >= 0.6 is 0 Å². The molecule has 1 fully saturated rings. The summed E-state index contributed by atoms with van der Waals surface area (Å²) in [5, 5.41) is 8.63. The van der Waals surface area contributed by atoms with E-state index in [1.807, 2.05) is 0 Å². The molecule has 0 saturated carbocycles. The average molecular weight is 252 g/mol. The first kappa shape index (κ1) is 12.4. The first-order chi connectivity index (χ1) is 8.56. The predicted octanol–water partition coefficient (Wildman–Crippen LogP) is 0.368. The van der Waals surface area contributed by atoms with E-state index in [9.17, 15) is 9.59 Å². The summed E-state index contributed by atoms with van der Waals surface area (Å²) in [6, 6.07) is -0.0898. The van der Waals surface area contributed by atoms with Crippen molar-refractivity contribution in [2.24, 2.45) is 5.92 Å². The number of aliphatic carboxylic acids is 1. The molecule has 0 aliphatic carbocycles. The minimum atomic E-state index is -0.809. The normalized spacial score (nSPS) is 15.3. The van der Waals surface area contributed by atoms with Crippen LogP contribution in [0.25, 0.3) is 0 Å². The van der Waals surface area contributed by atoms with Gasteiger partial charge >= 0.3 is 12.0 Å². The number of aromatic nitrogens is 2. The van der Waals surface area contributed by atoms with E-state index in [4.69, 9.17) is 5.11 Å². The third-order valence-corrected chi connectivity index (χ3v) is 2.96. The second-order valence-corrected chi connectivity index (χ2v) is 4.54. The van der Waals surface area contributed by atoms with Crippen molar-refractivity contribution in [2.45, 2.75) is 13.0 Å². The molecule has 0 atom stereocenters. The maximum absolute atomic E-state index is 11.9. The van der Waals surface area contributed by atoms with Crippen LogP contribution in [-0.2, 0) is 11.3 Å². The minimum Gasteiger partial charge on any atom is -0.481 e. The van der Waals surface area contributed by atoms with Crippen LogP contribution < -0.4 is 0 Å². The number of imidazole rings is 1. The Kier molecular flexibility index (Phi) is 3.50. The summed E-state index contributed by atoms with van der Waals surface area (Å²) in [5.41, 5.74) is 0. The Morgan fingerprint density at radius 1 is 1.61 bits per heavy atom. The monoisotopic (exact) mass is 252 g/mol. The standard InChI is InChI=1S/C11H16N4O3/c1-14(7-9-12-2-3-13-9)11(18)15-5-8(6-15)4-10(16)17/h2-3,8H,4-7H2,1H3,(H,12,13)(H,16,17).